The van der Waals surface area contributed by atoms with E-state index in [1.54, 1.807) is 30.5 Å². The Hall–Kier alpha value is -1.92. The number of nitrogens with zero attached hydrogens (tertiary/aromatic N) is 1. The number of amides is 1. The molecule has 0 spiro atoms. The lowest BCUT2D eigenvalue weighted by Crippen LogP contribution is -2.22. The van der Waals surface area contributed by atoms with E-state index in [1.807, 2.05) is 12.1 Å². The molecular weight excluding hydrogens is 312 g/mol. The van der Waals surface area contributed by atoms with E-state index < -0.39 is 5.91 Å². The van der Waals surface area contributed by atoms with Crippen LogP contribution in [0.5, 0.6) is 11.6 Å². The van der Waals surface area contributed by atoms with E-state index in [4.69, 9.17) is 4.74 Å². The molecule has 1 heterocycles. The van der Waals surface area contributed by atoms with Gasteiger partial charge < -0.3 is 4.74 Å². The fourth-order valence-corrected chi connectivity index (χ4v) is 1.67. The minimum absolute atomic E-state index is 0.222. The number of hydrogen-bond donors (Lipinski definition) is 1. The minimum Gasteiger partial charge on any atom is -0.438 e. The second-order valence-electron chi connectivity index (χ2n) is 3.55. The molecule has 1 aromatic carbocycles. The molecule has 1 amide bonds. The molecule has 1 aromatic heterocycles. The van der Waals surface area contributed by atoms with Crippen LogP contribution in [0.15, 0.2) is 47.1 Å². The van der Waals surface area contributed by atoms with Gasteiger partial charge in [-0.1, -0.05) is 15.9 Å². The molecule has 0 fully saturated rings. The van der Waals surface area contributed by atoms with E-state index in [0.717, 1.165) is 4.47 Å². The van der Waals surface area contributed by atoms with Crippen molar-refractivity contribution in [2.75, 3.05) is 7.11 Å². The first-order valence-electron chi connectivity index (χ1n) is 5.42. The van der Waals surface area contributed by atoms with Gasteiger partial charge in [-0.15, -0.1) is 0 Å². The molecule has 2 aromatic rings. The maximum Gasteiger partial charge on any atom is 0.280 e. The van der Waals surface area contributed by atoms with E-state index >= 15 is 0 Å². The first kappa shape index (κ1) is 13.5. The van der Waals surface area contributed by atoms with Crippen LogP contribution in [0.4, 0.5) is 0 Å². The van der Waals surface area contributed by atoms with Crippen molar-refractivity contribution in [3.63, 3.8) is 0 Å². The lowest BCUT2D eigenvalue weighted by Gasteiger charge is -2.09. The number of rotatable bonds is 4. The summed E-state index contributed by atoms with van der Waals surface area (Å²) in [7, 11) is 1.36. The van der Waals surface area contributed by atoms with Crippen molar-refractivity contribution in [3.05, 3.63) is 52.6 Å². The van der Waals surface area contributed by atoms with Crippen LogP contribution in [0.3, 0.4) is 0 Å². The summed E-state index contributed by atoms with van der Waals surface area (Å²) in [6, 6.07) is 10.5. The Bertz CT molecular complexity index is 572. The monoisotopic (exact) mass is 322 g/mol. The van der Waals surface area contributed by atoms with E-state index in [0.29, 0.717) is 11.3 Å². The number of ether oxygens (including phenoxy) is 1. The summed E-state index contributed by atoms with van der Waals surface area (Å²) < 4.78 is 6.53. The Labute approximate surface area is 118 Å². The smallest absolute Gasteiger partial charge is 0.280 e. The van der Waals surface area contributed by atoms with Gasteiger partial charge in [-0.3, -0.25) is 9.63 Å². The Morgan fingerprint density at radius 2 is 2.00 bits per heavy atom. The molecule has 0 saturated carbocycles. The summed E-state index contributed by atoms with van der Waals surface area (Å²) in [5.41, 5.74) is 2.53. The molecule has 2 rings (SSSR count). The Morgan fingerprint density at radius 1 is 1.26 bits per heavy atom. The molecule has 0 bridgehead atoms. The van der Waals surface area contributed by atoms with Gasteiger partial charge in [0.05, 0.1) is 7.11 Å². The van der Waals surface area contributed by atoms with Crippen molar-refractivity contribution in [1.82, 2.24) is 10.5 Å². The van der Waals surface area contributed by atoms with Crippen LogP contribution < -0.4 is 10.2 Å². The van der Waals surface area contributed by atoms with Gasteiger partial charge in [-0.2, -0.15) is 0 Å². The zero-order chi connectivity index (χ0) is 13.7. The normalized spacial score (nSPS) is 10.0. The summed E-state index contributed by atoms with van der Waals surface area (Å²) in [6.07, 6.45) is 1.55. The van der Waals surface area contributed by atoms with Gasteiger partial charge >= 0.3 is 0 Å². The zero-order valence-electron chi connectivity index (χ0n) is 10.1. The molecule has 0 aliphatic carbocycles. The predicted octanol–water partition coefficient (Wildman–Crippen LogP) is 2.93. The SMILES string of the molecule is CONC(=O)c1cccnc1Oc1ccc(Br)cc1. The molecule has 0 unspecified atom stereocenters. The molecule has 0 saturated heterocycles. The molecule has 19 heavy (non-hydrogen) atoms. The largest absolute Gasteiger partial charge is 0.438 e. The summed E-state index contributed by atoms with van der Waals surface area (Å²) in [6.45, 7) is 0. The number of hydrogen-bond acceptors (Lipinski definition) is 4. The van der Waals surface area contributed by atoms with Crippen LogP contribution in [0.1, 0.15) is 10.4 Å². The van der Waals surface area contributed by atoms with Gasteiger partial charge in [0.15, 0.2) is 0 Å². The van der Waals surface area contributed by atoms with Crippen LogP contribution in [0, 0.1) is 0 Å². The quantitative estimate of drug-likeness (QED) is 0.879. The van der Waals surface area contributed by atoms with Crippen molar-refractivity contribution in [1.29, 1.82) is 0 Å². The number of pyridine rings is 1. The molecule has 6 heteroatoms. The third-order valence-electron chi connectivity index (χ3n) is 2.24. The highest BCUT2D eigenvalue weighted by molar-refractivity contribution is 9.10. The number of carbonyl (C=O) groups is 1. The summed E-state index contributed by atoms with van der Waals surface area (Å²) in [5.74, 6) is 0.399. The van der Waals surface area contributed by atoms with Gasteiger partial charge in [-0.25, -0.2) is 10.5 Å². The molecular formula is C13H11BrN2O3. The van der Waals surface area contributed by atoms with E-state index in [2.05, 4.69) is 31.2 Å². The topological polar surface area (TPSA) is 60.5 Å². The standard InChI is InChI=1S/C13H11BrN2O3/c1-18-16-12(17)11-3-2-8-15-13(11)19-10-6-4-9(14)5-7-10/h2-8H,1H3,(H,16,17). The first-order chi connectivity index (χ1) is 9.20. The van der Waals surface area contributed by atoms with Gasteiger partial charge in [0.1, 0.15) is 11.3 Å². The van der Waals surface area contributed by atoms with E-state index in [9.17, 15) is 4.79 Å². The number of hydroxylamine groups is 1. The highest BCUT2D eigenvalue weighted by Crippen LogP contribution is 2.24. The number of benzene rings is 1. The fourth-order valence-electron chi connectivity index (χ4n) is 1.41. The fraction of sp³-hybridized carbons (Fsp3) is 0.0769. The number of carbonyl (C=O) groups excluding carboxylic acids is 1. The molecule has 0 radical (unpaired) electrons. The second kappa shape index (κ2) is 6.31. The molecule has 1 N–H and O–H groups in total. The van der Waals surface area contributed by atoms with Gasteiger partial charge in [0.25, 0.3) is 5.91 Å². The minimum atomic E-state index is -0.414. The van der Waals surface area contributed by atoms with Crippen LogP contribution in [-0.4, -0.2) is 18.0 Å². The maximum atomic E-state index is 11.7. The third kappa shape index (κ3) is 3.52. The Balaban J connectivity index is 2.24. The van der Waals surface area contributed by atoms with Gasteiger partial charge in [0, 0.05) is 10.7 Å². The average Bonchev–Trinajstić information content (AvgIpc) is 2.42. The highest BCUT2D eigenvalue weighted by Gasteiger charge is 2.13. The van der Waals surface area contributed by atoms with E-state index in [1.165, 1.54) is 7.11 Å². The molecule has 98 valence electrons. The van der Waals surface area contributed by atoms with E-state index in [-0.39, 0.29) is 5.88 Å². The van der Waals surface area contributed by atoms with Crippen LogP contribution in [0.25, 0.3) is 0 Å². The van der Waals surface area contributed by atoms with Gasteiger partial charge in [0.2, 0.25) is 5.88 Å². The number of halogens is 1. The van der Waals surface area contributed by atoms with Gasteiger partial charge in [-0.05, 0) is 36.4 Å². The van der Waals surface area contributed by atoms with Crippen molar-refractivity contribution in [3.8, 4) is 11.6 Å². The van der Waals surface area contributed by atoms with Crippen molar-refractivity contribution < 1.29 is 14.4 Å². The summed E-state index contributed by atoms with van der Waals surface area (Å²) >= 11 is 3.34. The summed E-state index contributed by atoms with van der Waals surface area (Å²) in [4.78, 5) is 20.4. The lowest BCUT2D eigenvalue weighted by molar-refractivity contribution is 0.0535. The highest BCUT2D eigenvalue weighted by atomic mass is 79.9. The second-order valence-corrected chi connectivity index (χ2v) is 4.46. The van der Waals surface area contributed by atoms with Crippen molar-refractivity contribution in [2.24, 2.45) is 0 Å². The maximum absolute atomic E-state index is 11.7. The van der Waals surface area contributed by atoms with Crippen LogP contribution in [-0.2, 0) is 4.84 Å². The van der Waals surface area contributed by atoms with Crippen molar-refractivity contribution >= 4 is 21.8 Å². The third-order valence-corrected chi connectivity index (χ3v) is 2.77. The zero-order valence-corrected chi connectivity index (χ0v) is 11.7. The number of aromatic nitrogens is 1. The molecule has 0 aliphatic heterocycles. The molecule has 5 nitrogen and oxygen atoms in total. The van der Waals surface area contributed by atoms with Crippen LogP contribution >= 0.6 is 15.9 Å². The molecule has 0 atom stereocenters. The number of nitrogens with one attached hydrogen (secondary N) is 1. The lowest BCUT2D eigenvalue weighted by atomic mass is 10.2. The van der Waals surface area contributed by atoms with Crippen molar-refractivity contribution in [2.45, 2.75) is 0 Å². The average molecular weight is 323 g/mol. The predicted molar refractivity (Wildman–Crippen MR) is 72.9 cm³/mol. The summed E-state index contributed by atoms with van der Waals surface area (Å²) in [5, 5.41) is 0. The Kier molecular flexibility index (Phi) is 4.48. The van der Waals surface area contributed by atoms with Crippen LogP contribution in [0.2, 0.25) is 0 Å². The first-order valence-corrected chi connectivity index (χ1v) is 6.22. The Morgan fingerprint density at radius 3 is 2.68 bits per heavy atom. The molecule has 0 aliphatic rings.